The maximum atomic E-state index is 8.88. The molecule has 116 valence electrons. The number of benzene rings is 1. The third-order valence-corrected chi connectivity index (χ3v) is 3.13. The molecule has 0 atom stereocenters. The Balaban J connectivity index is 2.13. The van der Waals surface area contributed by atoms with Gasteiger partial charge in [0.2, 0.25) is 5.88 Å². The molecule has 2 rings (SSSR count). The average Bonchev–Trinajstić information content (AvgIpc) is 2.46. The van der Waals surface area contributed by atoms with Crippen LogP contribution in [0.15, 0.2) is 36.4 Å². The molecule has 6 nitrogen and oxygen atoms in total. The van der Waals surface area contributed by atoms with Crippen LogP contribution in [0.2, 0.25) is 0 Å². The number of anilines is 1. The monoisotopic (exact) mass is 302 g/mol. The first-order valence-electron chi connectivity index (χ1n) is 6.83. The van der Waals surface area contributed by atoms with Crippen LogP contribution in [0.3, 0.4) is 0 Å². The fourth-order valence-electron chi connectivity index (χ4n) is 2.07. The summed E-state index contributed by atoms with van der Waals surface area (Å²) in [6.45, 7) is 2.55. The number of ether oxygens (including phenoxy) is 1. The normalized spacial score (nSPS) is 10.2. The lowest BCUT2D eigenvalue weighted by molar-refractivity contribution is 0.283. The molecule has 2 N–H and O–H groups in total. The Morgan fingerprint density at radius 2 is 1.86 bits per heavy atom. The van der Waals surface area contributed by atoms with Gasteiger partial charge in [-0.1, -0.05) is 12.1 Å². The van der Waals surface area contributed by atoms with Crippen LogP contribution in [0.25, 0.3) is 0 Å². The Bertz CT molecular complexity index is 619. The number of aromatic nitrogens is 1. The lowest BCUT2D eigenvalue weighted by Crippen LogP contribution is -2.23. The summed E-state index contributed by atoms with van der Waals surface area (Å²) >= 11 is 0. The van der Waals surface area contributed by atoms with Gasteiger partial charge in [-0.3, -0.25) is 0 Å². The molecule has 0 spiro atoms. The van der Waals surface area contributed by atoms with Gasteiger partial charge in [0, 0.05) is 19.7 Å². The van der Waals surface area contributed by atoms with Crippen molar-refractivity contribution < 1.29 is 19.4 Å². The Hall–Kier alpha value is -2.25. The van der Waals surface area contributed by atoms with Crippen LogP contribution in [-0.4, -0.2) is 36.5 Å². The van der Waals surface area contributed by atoms with Gasteiger partial charge in [0.25, 0.3) is 0 Å². The van der Waals surface area contributed by atoms with E-state index in [0.717, 1.165) is 16.9 Å². The van der Waals surface area contributed by atoms with Crippen molar-refractivity contribution in [1.29, 1.82) is 0 Å². The van der Waals surface area contributed by atoms with Gasteiger partial charge in [-0.05, 0) is 36.2 Å². The lowest BCUT2D eigenvalue weighted by Gasteiger charge is -2.20. The van der Waals surface area contributed by atoms with Gasteiger partial charge in [-0.2, -0.15) is 4.98 Å². The van der Waals surface area contributed by atoms with Crippen LogP contribution in [0.4, 0.5) is 5.82 Å². The second-order valence-corrected chi connectivity index (χ2v) is 4.99. The number of nitrogens with zero attached hydrogens (tertiary/aromatic N) is 2. The largest absolute Gasteiger partial charge is 0.708 e. The van der Waals surface area contributed by atoms with Crippen molar-refractivity contribution in [2.24, 2.45) is 0 Å². The first kappa shape index (κ1) is 16.1. The molecule has 0 saturated carbocycles. The Morgan fingerprint density at radius 3 is 2.45 bits per heavy atom. The Morgan fingerprint density at radius 1 is 1.18 bits per heavy atom. The average molecular weight is 302 g/mol. The predicted molar refractivity (Wildman–Crippen MR) is 84.9 cm³/mol. The minimum atomic E-state index is -1.88. The van der Waals surface area contributed by atoms with Gasteiger partial charge in [0.1, 0.15) is 11.6 Å². The van der Waals surface area contributed by atoms with Crippen molar-refractivity contribution in [2.45, 2.75) is 13.5 Å². The van der Waals surface area contributed by atoms with Crippen LogP contribution in [0.5, 0.6) is 11.6 Å². The van der Waals surface area contributed by atoms with E-state index in [1.165, 1.54) is 0 Å². The zero-order valence-electron chi connectivity index (χ0n) is 12.9. The van der Waals surface area contributed by atoms with E-state index >= 15 is 0 Å². The molecule has 1 aromatic heterocycles. The zero-order chi connectivity index (χ0) is 16.1. The summed E-state index contributed by atoms with van der Waals surface area (Å²) < 4.78 is 9.96. The van der Waals surface area contributed by atoms with Gasteiger partial charge in [0.15, 0.2) is 0 Å². The highest BCUT2D eigenvalue weighted by atomic mass is 16.6. The topological polar surface area (TPSA) is 75.1 Å². The quantitative estimate of drug-likeness (QED) is 0.785. The molecule has 0 saturated heterocycles. The molecule has 0 amide bonds. The fraction of sp³-hybridized carbons (Fsp3) is 0.267. The van der Waals surface area contributed by atoms with Crippen molar-refractivity contribution in [3.8, 4) is 11.6 Å². The smallest absolute Gasteiger partial charge is 0.498 e. The molecule has 7 heteroatoms. The van der Waals surface area contributed by atoms with E-state index in [-0.39, 0.29) is 5.88 Å². The predicted octanol–water partition coefficient (Wildman–Crippen LogP) is 1.38. The van der Waals surface area contributed by atoms with Crippen molar-refractivity contribution in [1.82, 2.24) is 4.98 Å². The van der Waals surface area contributed by atoms with Crippen molar-refractivity contribution in [3.63, 3.8) is 0 Å². The van der Waals surface area contributed by atoms with E-state index in [9.17, 15) is 0 Å². The summed E-state index contributed by atoms with van der Waals surface area (Å²) in [5, 5.41) is 17.8. The number of rotatable bonds is 6. The number of pyridine rings is 1. The number of methoxy groups -OCH3 is 1. The van der Waals surface area contributed by atoms with Crippen LogP contribution >= 0.6 is 0 Å². The van der Waals surface area contributed by atoms with E-state index in [4.69, 9.17) is 19.4 Å². The fourth-order valence-corrected chi connectivity index (χ4v) is 2.07. The van der Waals surface area contributed by atoms with Crippen LogP contribution in [0, 0.1) is 6.92 Å². The summed E-state index contributed by atoms with van der Waals surface area (Å²) in [6.07, 6.45) is 0. The number of hydrogen-bond donors (Lipinski definition) is 2. The third kappa shape index (κ3) is 4.37. The Kier molecular flexibility index (Phi) is 5.24. The van der Waals surface area contributed by atoms with Crippen molar-refractivity contribution in [2.75, 3.05) is 19.1 Å². The maximum absolute atomic E-state index is 8.88. The summed E-state index contributed by atoms with van der Waals surface area (Å²) in [6, 6.07) is 11.3. The van der Waals surface area contributed by atoms with E-state index in [1.54, 1.807) is 13.2 Å². The third-order valence-electron chi connectivity index (χ3n) is 3.13. The summed E-state index contributed by atoms with van der Waals surface area (Å²) in [5.74, 6) is 1.67. The van der Waals surface area contributed by atoms with Gasteiger partial charge >= 0.3 is 7.32 Å². The molecule has 0 aliphatic rings. The molecule has 1 heterocycles. The van der Waals surface area contributed by atoms with E-state index in [0.29, 0.717) is 12.4 Å². The highest BCUT2D eigenvalue weighted by molar-refractivity contribution is 6.33. The standard InChI is InChI=1S/C15H19BN2O4/c1-11-8-14(17-15(9-11)22-16(19)20)18(2)10-12-4-6-13(21-3)7-5-12/h4-9,19-20H,10H2,1-3H3. The highest BCUT2D eigenvalue weighted by Crippen LogP contribution is 2.20. The molecular weight excluding hydrogens is 283 g/mol. The van der Waals surface area contributed by atoms with Crippen LogP contribution in [0.1, 0.15) is 11.1 Å². The number of hydrogen-bond acceptors (Lipinski definition) is 6. The summed E-state index contributed by atoms with van der Waals surface area (Å²) in [5.41, 5.74) is 2.03. The Labute approximate surface area is 130 Å². The maximum Gasteiger partial charge on any atom is 0.708 e. The molecule has 0 radical (unpaired) electrons. The van der Waals surface area contributed by atoms with Crippen molar-refractivity contribution >= 4 is 13.1 Å². The minimum absolute atomic E-state index is 0.173. The number of aryl methyl sites for hydroxylation is 1. The minimum Gasteiger partial charge on any atom is -0.498 e. The second kappa shape index (κ2) is 7.15. The first-order valence-corrected chi connectivity index (χ1v) is 6.83. The lowest BCUT2D eigenvalue weighted by atomic mass is 10.2. The van der Waals surface area contributed by atoms with Crippen LogP contribution in [-0.2, 0) is 6.54 Å². The molecule has 0 fully saturated rings. The first-order chi connectivity index (χ1) is 10.5. The van der Waals surface area contributed by atoms with E-state index < -0.39 is 7.32 Å². The molecule has 22 heavy (non-hydrogen) atoms. The van der Waals surface area contributed by atoms with E-state index in [2.05, 4.69) is 4.98 Å². The summed E-state index contributed by atoms with van der Waals surface area (Å²) in [4.78, 5) is 6.21. The van der Waals surface area contributed by atoms with Crippen molar-refractivity contribution in [3.05, 3.63) is 47.5 Å². The molecule has 0 aliphatic carbocycles. The highest BCUT2D eigenvalue weighted by Gasteiger charge is 2.14. The molecule has 0 aliphatic heterocycles. The molecule has 0 bridgehead atoms. The summed E-state index contributed by atoms with van der Waals surface area (Å²) in [7, 11) is 1.66. The van der Waals surface area contributed by atoms with Gasteiger partial charge in [-0.15, -0.1) is 0 Å². The molecule has 2 aromatic rings. The molecular formula is C15H19BN2O4. The van der Waals surface area contributed by atoms with Gasteiger partial charge in [-0.25, -0.2) is 0 Å². The van der Waals surface area contributed by atoms with Gasteiger partial charge < -0.3 is 24.3 Å². The molecule has 1 aromatic carbocycles. The SMILES string of the molecule is COc1ccc(CN(C)c2cc(C)cc(OB(O)O)n2)cc1. The van der Waals surface area contributed by atoms with Gasteiger partial charge in [0.05, 0.1) is 7.11 Å². The molecule has 0 unspecified atom stereocenters. The second-order valence-electron chi connectivity index (χ2n) is 4.99. The zero-order valence-corrected chi connectivity index (χ0v) is 12.9. The van der Waals surface area contributed by atoms with E-state index in [1.807, 2.05) is 49.2 Å². The van der Waals surface area contributed by atoms with Crippen LogP contribution < -0.4 is 14.3 Å².